The van der Waals surface area contributed by atoms with Crippen molar-refractivity contribution in [3.05, 3.63) is 0 Å². The number of alkyl halides is 1. The van der Waals surface area contributed by atoms with E-state index in [-0.39, 0.29) is 18.8 Å². The third-order valence-electron chi connectivity index (χ3n) is 1.11. The summed E-state index contributed by atoms with van der Waals surface area (Å²) in [7, 11) is -3.36. The molecule has 1 heterocycles. The fraction of sp³-hybridized carbons (Fsp3) is 1.00. The van der Waals surface area contributed by atoms with Crippen LogP contribution < -0.4 is 0 Å². The van der Waals surface area contributed by atoms with E-state index in [4.69, 9.17) is 0 Å². The molecule has 0 radical (unpaired) electrons. The highest BCUT2D eigenvalue weighted by Crippen LogP contribution is 2.11. The summed E-state index contributed by atoms with van der Waals surface area (Å²) < 4.78 is 37.1. The van der Waals surface area contributed by atoms with E-state index < -0.39 is 16.3 Å². The van der Waals surface area contributed by atoms with Gasteiger partial charge in [0.15, 0.2) is 0 Å². The van der Waals surface area contributed by atoms with Gasteiger partial charge in [-0.1, -0.05) is 0 Å². The van der Waals surface area contributed by atoms with Gasteiger partial charge in [0.1, 0.15) is 6.17 Å². The lowest BCUT2D eigenvalue weighted by Gasteiger charge is -2.14. The molecule has 0 aromatic rings. The van der Waals surface area contributed by atoms with Crippen molar-refractivity contribution in [2.24, 2.45) is 0 Å². The molecule has 1 unspecified atom stereocenters. The van der Waals surface area contributed by atoms with E-state index in [0.717, 1.165) is 0 Å². The van der Waals surface area contributed by atoms with Gasteiger partial charge in [-0.3, -0.25) is 4.18 Å². The molecule has 0 bridgehead atoms. The van der Waals surface area contributed by atoms with Gasteiger partial charge < -0.3 is 0 Å². The number of hydrogen-bond donors (Lipinski definition) is 0. The van der Waals surface area contributed by atoms with Gasteiger partial charge in [-0.25, -0.2) is 4.39 Å². The lowest BCUT2D eigenvalue weighted by atomic mass is 10.3. The Morgan fingerprint density at radius 1 is 1.56 bits per heavy atom. The molecule has 54 valence electrons. The lowest BCUT2D eigenvalue weighted by Crippen LogP contribution is -2.26. The third kappa shape index (κ3) is 1.91. The fourth-order valence-corrected chi connectivity index (χ4v) is 1.61. The van der Waals surface area contributed by atoms with Crippen molar-refractivity contribution in [2.45, 2.75) is 12.6 Å². The molecule has 5 heteroatoms. The highest BCUT2D eigenvalue weighted by atomic mass is 32.2. The van der Waals surface area contributed by atoms with E-state index in [1.807, 2.05) is 0 Å². The van der Waals surface area contributed by atoms with Gasteiger partial charge in [0, 0.05) is 0 Å². The van der Waals surface area contributed by atoms with E-state index in [1.54, 1.807) is 0 Å². The second kappa shape index (κ2) is 2.22. The zero-order valence-corrected chi connectivity index (χ0v) is 5.53. The zero-order valence-electron chi connectivity index (χ0n) is 4.71. The van der Waals surface area contributed by atoms with Gasteiger partial charge in [-0.05, 0) is 6.42 Å². The number of rotatable bonds is 0. The summed E-state index contributed by atoms with van der Waals surface area (Å²) in [6.07, 6.45) is -1.03. The molecule has 0 spiro atoms. The molecule has 9 heavy (non-hydrogen) atoms. The molecule has 1 saturated heterocycles. The van der Waals surface area contributed by atoms with E-state index >= 15 is 0 Å². The maximum absolute atomic E-state index is 12.1. The monoisotopic (exact) mass is 154 g/mol. The molecular weight excluding hydrogens is 147 g/mol. The Morgan fingerprint density at radius 3 is 2.56 bits per heavy atom. The van der Waals surface area contributed by atoms with Gasteiger partial charge in [0.2, 0.25) is 0 Å². The summed E-state index contributed by atoms with van der Waals surface area (Å²) in [6, 6.07) is 0. The van der Waals surface area contributed by atoms with Crippen LogP contribution in [0.1, 0.15) is 6.42 Å². The molecule has 1 fully saturated rings. The molecule has 0 aliphatic carbocycles. The Balaban J connectivity index is 2.55. The molecule has 1 aliphatic rings. The predicted octanol–water partition coefficient (Wildman–Crippen LogP) is 0.0746. The van der Waals surface area contributed by atoms with Crippen LogP contribution in [0.3, 0.4) is 0 Å². The standard InChI is InChI=1S/C4H7FO3S/c5-4-1-2-9(6,7)8-3-4/h4H,1-3H2. The maximum Gasteiger partial charge on any atom is 0.267 e. The Labute approximate surface area is 52.9 Å². The van der Waals surface area contributed by atoms with Crippen molar-refractivity contribution in [1.29, 1.82) is 0 Å². The minimum absolute atomic E-state index is 0.0718. The van der Waals surface area contributed by atoms with Crippen LogP contribution >= 0.6 is 0 Å². The summed E-state index contributed by atoms with van der Waals surface area (Å²) in [5.41, 5.74) is 0. The summed E-state index contributed by atoms with van der Waals surface area (Å²) >= 11 is 0. The minimum Gasteiger partial charge on any atom is -0.267 e. The molecule has 1 aliphatic heterocycles. The van der Waals surface area contributed by atoms with Gasteiger partial charge in [0.25, 0.3) is 10.1 Å². The van der Waals surface area contributed by atoms with Gasteiger partial charge >= 0.3 is 0 Å². The van der Waals surface area contributed by atoms with Gasteiger partial charge in [-0.15, -0.1) is 0 Å². The second-order valence-electron chi connectivity index (χ2n) is 1.93. The minimum atomic E-state index is -3.36. The molecule has 1 atom stereocenters. The topological polar surface area (TPSA) is 43.4 Å². The molecule has 0 N–H and O–H groups in total. The van der Waals surface area contributed by atoms with Crippen LogP contribution in [0.2, 0.25) is 0 Å². The van der Waals surface area contributed by atoms with Crippen molar-refractivity contribution in [2.75, 3.05) is 12.4 Å². The molecule has 3 nitrogen and oxygen atoms in total. The van der Waals surface area contributed by atoms with Gasteiger partial charge in [0.05, 0.1) is 12.4 Å². The highest BCUT2D eigenvalue weighted by Gasteiger charge is 2.23. The molecule has 0 aromatic carbocycles. The Hall–Kier alpha value is -0.160. The highest BCUT2D eigenvalue weighted by molar-refractivity contribution is 7.86. The average Bonchev–Trinajstić information content (AvgIpc) is 1.78. The smallest absolute Gasteiger partial charge is 0.267 e. The molecule has 0 amide bonds. The van der Waals surface area contributed by atoms with Crippen LogP contribution in [0, 0.1) is 0 Å². The summed E-state index contributed by atoms with van der Waals surface area (Å²) in [4.78, 5) is 0. The Kier molecular flexibility index (Phi) is 1.72. The SMILES string of the molecule is O=S1(=O)CCC(F)CO1. The Bertz CT molecular complexity index is 172. The number of halogens is 1. The van der Waals surface area contributed by atoms with E-state index in [9.17, 15) is 12.8 Å². The van der Waals surface area contributed by atoms with Crippen LogP contribution in [-0.2, 0) is 14.3 Å². The van der Waals surface area contributed by atoms with Crippen LogP contribution in [0.4, 0.5) is 4.39 Å². The first-order valence-electron chi connectivity index (χ1n) is 2.61. The largest absolute Gasteiger partial charge is 0.267 e. The number of hydrogen-bond acceptors (Lipinski definition) is 3. The normalized spacial score (nSPS) is 34.1. The molecule has 0 aromatic heterocycles. The van der Waals surface area contributed by atoms with Crippen molar-refractivity contribution in [3.63, 3.8) is 0 Å². The van der Waals surface area contributed by atoms with Crippen molar-refractivity contribution in [3.8, 4) is 0 Å². The van der Waals surface area contributed by atoms with Crippen molar-refractivity contribution >= 4 is 10.1 Å². The second-order valence-corrected chi connectivity index (χ2v) is 3.69. The molecule has 0 saturated carbocycles. The summed E-state index contributed by atoms with van der Waals surface area (Å²) in [5, 5.41) is 0. The van der Waals surface area contributed by atoms with E-state index in [0.29, 0.717) is 0 Å². The zero-order chi connectivity index (χ0) is 6.91. The summed E-state index contributed by atoms with van der Waals surface area (Å²) in [5.74, 6) is -0.186. The Morgan fingerprint density at radius 2 is 2.22 bits per heavy atom. The first kappa shape index (κ1) is 6.95. The quantitative estimate of drug-likeness (QED) is 0.464. The van der Waals surface area contributed by atoms with Crippen LogP contribution in [-0.4, -0.2) is 26.9 Å². The van der Waals surface area contributed by atoms with Crippen LogP contribution in [0.25, 0.3) is 0 Å². The first-order valence-corrected chi connectivity index (χ1v) is 4.19. The van der Waals surface area contributed by atoms with Crippen LogP contribution in [0.5, 0.6) is 0 Å². The van der Waals surface area contributed by atoms with Gasteiger partial charge in [-0.2, -0.15) is 8.42 Å². The van der Waals surface area contributed by atoms with E-state index in [1.165, 1.54) is 0 Å². The molecule has 1 rings (SSSR count). The summed E-state index contributed by atoms with van der Waals surface area (Å²) in [6.45, 7) is -0.303. The van der Waals surface area contributed by atoms with Crippen molar-refractivity contribution in [1.82, 2.24) is 0 Å². The predicted molar refractivity (Wildman–Crippen MR) is 29.3 cm³/mol. The lowest BCUT2D eigenvalue weighted by molar-refractivity contribution is 0.178. The maximum atomic E-state index is 12.1. The average molecular weight is 154 g/mol. The fourth-order valence-electron chi connectivity index (χ4n) is 0.592. The first-order chi connectivity index (χ1) is 4.10. The van der Waals surface area contributed by atoms with E-state index in [2.05, 4.69) is 4.18 Å². The third-order valence-corrected chi connectivity index (χ3v) is 2.34. The molecular formula is C4H7FO3S. The van der Waals surface area contributed by atoms with Crippen molar-refractivity contribution < 1.29 is 17.0 Å². The van der Waals surface area contributed by atoms with Crippen LogP contribution in [0.15, 0.2) is 0 Å².